The van der Waals surface area contributed by atoms with Crippen LogP contribution in [0.15, 0.2) is 16.7 Å². The summed E-state index contributed by atoms with van der Waals surface area (Å²) in [5.74, 6) is -3.24. The predicted octanol–water partition coefficient (Wildman–Crippen LogP) is 2.41. The van der Waals surface area contributed by atoms with Crippen molar-refractivity contribution in [2.75, 3.05) is 0 Å². The highest BCUT2D eigenvalue weighted by Gasteiger charge is 2.30. The second kappa shape index (κ2) is 4.34. The number of rotatable bonds is 3. The summed E-state index contributed by atoms with van der Waals surface area (Å²) in [5.41, 5.74) is 5.85. The topological polar surface area (TPSA) is 64.9 Å². The first-order valence-corrected chi connectivity index (χ1v) is 5.80. The number of halogens is 3. The third kappa shape index (κ3) is 2.21. The third-order valence-corrected chi connectivity index (χ3v) is 3.03. The molecule has 1 aromatic carbocycles. The van der Waals surface area contributed by atoms with Crippen LogP contribution in [0, 0.1) is 17.5 Å². The molecule has 1 aromatic heterocycles. The summed E-state index contributed by atoms with van der Waals surface area (Å²) in [6, 6.07) is 0.702. The van der Waals surface area contributed by atoms with E-state index < -0.39 is 23.5 Å². The van der Waals surface area contributed by atoms with Crippen LogP contribution in [0.25, 0.3) is 0 Å². The van der Waals surface area contributed by atoms with Crippen LogP contribution in [0.3, 0.4) is 0 Å². The second-order valence-electron chi connectivity index (χ2n) is 4.54. The van der Waals surface area contributed by atoms with Crippen molar-refractivity contribution in [2.45, 2.75) is 24.8 Å². The molecule has 0 bridgehead atoms. The lowest BCUT2D eigenvalue weighted by Gasteiger charge is -2.08. The monoisotopic (exact) mass is 269 g/mol. The Hall–Kier alpha value is -1.89. The minimum absolute atomic E-state index is 0.0551. The summed E-state index contributed by atoms with van der Waals surface area (Å²) in [7, 11) is 0. The molecule has 3 rings (SSSR count). The van der Waals surface area contributed by atoms with Crippen molar-refractivity contribution in [2.24, 2.45) is 5.73 Å². The van der Waals surface area contributed by atoms with Crippen molar-refractivity contribution in [1.29, 1.82) is 0 Å². The van der Waals surface area contributed by atoms with Gasteiger partial charge < -0.3 is 10.3 Å². The van der Waals surface area contributed by atoms with Gasteiger partial charge in [-0.3, -0.25) is 0 Å². The molecule has 0 spiro atoms. The van der Waals surface area contributed by atoms with Crippen LogP contribution >= 0.6 is 0 Å². The van der Waals surface area contributed by atoms with Gasteiger partial charge in [0.25, 0.3) is 0 Å². The van der Waals surface area contributed by atoms with Crippen LogP contribution in [-0.4, -0.2) is 10.1 Å². The molecule has 0 radical (unpaired) electrons. The fourth-order valence-corrected chi connectivity index (χ4v) is 1.77. The summed E-state index contributed by atoms with van der Waals surface area (Å²) in [5, 5.41) is 3.69. The van der Waals surface area contributed by atoms with Crippen molar-refractivity contribution >= 4 is 0 Å². The average molecular weight is 269 g/mol. The molecule has 7 heteroatoms. The van der Waals surface area contributed by atoms with Crippen LogP contribution in [0.4, 0.5) is 13.2 Å². The fourth-order valence-electron chi connectivity index (χ4n) is 1.77. The van der Waals surface area contributed by atoms with Crippen LogP contribution < -0.4 is 5.73 Å². The Labute approximate surface area is 106 Å². The summed E-state index contributed by atoms with van der Waals surface area (Å²) < 4.78 is 44.1. The maximum Gasteiger partial charge on any atom is 0.229 e. The molecule has 1 aliphatic rings. The molecule has 2 N–H and O–H groups in total. The van der Waals surface area contributed by atoms with Gasteiger partial charge >= 0.3 is 0 Å². The van der Waals surface area contributed by atoms with E-state index in [2.05, 4.69) is 10.1 Å². The van der Waals surface area contributed by atoms with Crippen LogP contribution in [0.5, 0.6) is 0 Å². The first kappa shape index (κ1) is 12.2. The molecule has 1 saturated carbocycles. The highest BCUT2D eigenvalue weighted by atomic mass is 19.2. The predicted molar refractivity (Wildman–Crippen MR) is 58.6 cm³/mol. The summed E-state index contributed by atoms with van der Waals surface area (Å²) in [6.45, 7) is 0. The zero-order valence-corrected chi connectivity index (χ0v) is 9.74. The normalized spacial score (nSPS) is 16.6. The molecule has 1 aliphatic carbocycles. The first-order chi connectivity index (χ1) is 9.06. The second-order valence-corrected chi connectivity index (χ2v) is 4.54. The van der Waals surface area contributed by atoms with Gasteiger partial charge in [-0.1, -0.05) is 5.16 Å². The Balaban J connectivity index is 1.91. The standard InChI is InChI=1S/C12H10F3N3O/c13-7-3-6(4-8(14)9(7)15)10(16)11-17-12(19-18-11)5-1-2-5/h3-5,10H,1-2,16H2. The van der Waals surface area contributed by atoms with E-state index in [1.54, 1.807) is 0 Å². The van der Waals surface area contributed by atoms with E-state index in [1.165, 1.54) is 0 Å². The van der Waals surface area contributed by atoms with E-state index >= 15 is 0 Å². The van der Waals surface area contributed by atoms with Crippen LogP contribution in [-0.2, 0) is 0 Å². The van der Waals surface area contributed by atoms with Crippen molar-refractivity contribution in [1.82, 2.24) is 10.1 Å². The van der Waals surface area contributed by atoms with Crippen molar-refractivity contribution in [3.8, 4) is 0 Å². The van der Waals surface area contributed by atoms with Gasteiger partial charge in [-0.15, -0.1) is 0 Å². The molecule has 1 atom stereocenters. The van der Waals surface area contributed by atoms with Gasteiger partial charge in [0.2, 0.25) is 5.89 Å². The first-order valence-electron chi connectivity index (χ1n) is 5.80. The summed E-state index contributed by atoms with van der Waals surface area (Å²) in [6.07, 6.45) is 1.97. The van der Waals surface area contributed by atoms with Crippen LogP contribution in [0.2, 0.25) is 0 Å². The van der Waals surface area contributed by atoms with E-state index in [-0.39, 0.29) is 17.3 Å². The Morgan fingerprint density at radius 2 is 1.84 bits per heavy atom. The molecule has 2 aromatic rings. The SMILES string of the molecule is NC(c1cc(F)c(F)c(F)c1)c1noc(C2CC2)n1. The average Bonchev–Trinajstić information content (AvgIpc) is 3.12. The number of hydrogen-bond acceptors (Lipinski definition) is 4. The largest absolute Gasteiger partial charge is 0.339 e. The maximum absolute atomic E-state index is 13.1. The molecular weight excluding hydrogens is 259 g/mol. The highest BCUT2D eigenvalue weighted by Crippen LogP contribution is 2.39. The Kier molecular flexibility index (Phi) is 2.78. The molecule has 100 valence electrons. The fraction of sp³-hybridized carbons (Fsp3) is 0.333. The minimum atomic E-state index is -1.53. The van der Waals surface area contributed by atoms with E-state index in [1.807, 2.05) is 0 Å². The lowest BCUT2D eigenvalue weighted by atomic mass is 10.1. The molecular formula is C12H10F3N3O. The molecule has 0 saturated heterocycles. The number of nitrogens with two attached hydrogens (primary N) is 1. The Morgan fingerprint density at radius 1 is 1.21 bits per heavy atom. The van der Waals surface area contributed by atoms with Gasteiger partial charge in [-0.2, -0.15) is 4.98 Å². The number of benzene rings is 1. The number of nitrogens with zero attached hydrogens (tertiary/aromatic N) is 2. The lowest BCUT2D eigenvalue weighted by molar-refractivity contribution is 0.372. The molecule has 4 nitrogen and oxygen atoms in total. The van der Waals surface area contributed by atoms with E-state index in [0.717, 1.165) is 25.0 Å². The summed E-state index contributed by atoms with van der Waals surface area (Å²) >= 11 is 0. The van der Waals surface area contributed by atoms with E-state index in [0.29, 0.717) is 5.89 Å². The Morgan fingerprint density at radius 3 is 2.42 bits per heavy atom. The molecule has 0 aliphatic heterocycles. The smallest absolute Gasteiger partial charge is 0.229 e. The Bertz CT molecular complexity index is 601. The molecule has 0 amide bonds. The maximum atomic E-state index is 13.1. The van der Waals surface area contributed by atoms with Crippen LogP contribution in [0.1, 0.15) is 42.1 Å². The molecule has 1 unspecified atom stereocenters. The highest BCUT2D eigenvalue weighted by molar-refractivity contribution is 5.26. The van der Waals surface area contributed by atoms with Crippen molar-refractivity contribution in [3.63, 3.8) is 0 Å². The van der Waals surface area contributed by atoms with Crippen molar-refractivity contribution < 1.29 is 17.7 Å². The van der Waals surface area contributed by atoms with Crippen molar-refractivity contribution in [3.05, 3.63) is 46.9 Å². The molecule has 19 heavy (non-hydrogen) atoms. The van der Waals surface area contributed by atoms with Gasteiger partial charge in [0.1, 0.15) is 0 Å². The quantitative estimate of drug-likeness (QED) is 0.869. The zero-order valence-electron chi connectivity index (χ0n) is 9.74. The third-order valence-electron chi connectivity index (χ3n) is 3.03. The summed E-state index contributed by atoms with van der Waals surface area (Å²) in [4.78, 5) is 4.09. The van der Waals surface area contributed by atoms with E-state index in [4.69, 9.17) is 10.3 Å². The minimum Gasteiger partial charge on any atom is -0.339 e. The lowest BCUT2D eigenvalue weighted by Crippen LogP contribution is -2.15. The van der Waals surface area contributed by atoms with Gasteiger partial charge in [0.05, 0.1) is 6.04 Å². The molecule has 1 heterocycles. The number of aromatic nitrogens is 2. The molecule has 1 fully saturated rings. The zero-order chi connectivity index (χ0) is 13.6. The van der Waals surface area contributed by atoms with E-state index in [9.17, 15) is 13.2 Å². The number of hydrogen-bond donors (Lipinski definition) is 1. The van der Waals surface area contributed by atoms with Gasteiger partial charge in [-0.25, -0.2) is 13.2 Å². The van der Waals surface area contributed by atoms with Gasteiger partial charge in [-0.05, 0) is 30.5 Å². The van der Waals surface area contributed by atoms with Gasteiger partial charge in [0.15, 0.2) is 23.3 Å². The van der Waals surface area contributed by atoms with Gasteiger partial charge in [0, 0.05) is 5.92 Å².